The molecule has 0 heterocycles. The molecule has 0 spiro atoms. The van der Waals surface area contributed by atoms with Crippen LogP contribution in [0.1, 0.15) is 12.5 Å². The molecule has 1 N–H and O–H groups in total. The summed E-state index contributed by atoms with van der Waals surface area (Å²) >= 11 is 0. The number of non-ortho nitro benzene ring substituents is 1. The summed E-state index contributed by atoms with van der Waals surface area (Å²) in [4.78, 5) is 22.4. The minimum atomic E-state index is -4.37. The average molecular weight is 493 g/mol. The molecule has 178 valence electrons. The van der Waals surface area contributed by atoms with E-state index in [1.54, 1.807) is 30.3 Å². The topological polar surface area (TPSA) is 149 Å². The molecule has 0 saturated carbocycles. The fourth-order valence-electron chi connectivity index (χ4n) is 2.93. The van der Waals surface area contributed by atoms with Gasteiger partial charge in [-0.15, -0.1) is 0 Å². The number of nitrogens with zero attached hydrogens (tertiary/aromatic N) is 2. The second-order valence-electron chi connectivity index (χ2n) is 6.95. The van der Waals surface area contributed by atoms with Crippen molar-refractivity contribution < 1.29 is 27.1 Å². The highest BCUT2D eigenvalue weighted by Gasteiger charge is 2.20. The number of hydrogen-bond acceptors (Lipinski definition) is 8. The van der Waals surface area contributed by atoms with Gasteiger partial charge < -0.3 is 14.2 Å². The Hall–Kier alpha value is -4.69. The molecule has 0 unspecified atom stereocenters. The first-order valence-corrected chi connectivity index (χ1v) is 11.6. The number of benzene rings is 3. The third-order valence-corrected chi connectivity index (χ3v) is 5.70. The fraction of sp³-hybridized carbons (Fsp3) is 0.0833. The van der Waals surface area contributed by atoms with Gasteiger partial charge in [-0.05, 0) is 48.9 Å². The maximum atomic E-state index is 12.6. The van der Waals surface area contributed by atoms with Crippen LogP contribution < -0.4 is 14.2 Å². The first-order valence-electron chi connectivity index (χ1n) is 10.2. The third kappa shape index (κ3) is 6.66. The monoisotopic (exact) mass is 493 g/mol. The molecule has 0 aliphatic rings. The summed E-state index contributed by atoms with van der Waals surface area (Å²) in [5.74, 6) is -0.216. The van der Waals surface area contributed by atoms with Crippen molar-refractivity contribution in [2.45, 2.75) is 11.8 Å². The number of amides is 1. The van der Waals surface area contributed by atoms with Crippen LogP contribution in [0.5, 0.6) is 11.5 Å². The Bertz CT molecular complexity index is 1440. The molecule has 3 rings (SSSR count). The van der Waals surface area contributed by atoms with Crippen molar-refractivity contribution in [3.8, 4) is 17.6 Å². The molecule has 3 aromatic carbocycles. The van der Waals surface area contributed by atoms with Crippen molar-refractivity contribution in [2.75, 3.05) is 11.9 Å². The SMILES string of the molecule is CCOc1cccc(NC(=O)/C(C#N)=C/c2cccc(OS(=O)(=O)c3cccc([N+](=O)[O-])c3)c2)c1. The quantitative estimate of drug-likeness (QED) is 0.152. The largest absolute Gasteiger partial charge is 0.494 e. The standard InChI is InChI=1S/C24H19N3O7S/c1-2-33-21-9-4-7-19(14-21)26-24(28)18(16-25)12-17-6-3-10-22(13-17)34-35(31,32)23-11-5-8-20(15-23)27(29)30/h3-15H,2H2,1H3,(H,26,28)/b18-12+. The predicted octanol–water partition coefficient (Wildman–Crippen LogP) is 4.31. The lowest BCUT2D eigenvalue weighted by Gasteiger charge is -2.09. The molecular weight excluding hydrogens is 474 g/mol. The zero-order chi connectivity index (χ0) is 25.4. The van der Waals surface area contributed by atoms with Crippen molar-refractivity contribution >= 4 is 33.5 Å². The van der Waals surface area contributed by atoms with Crippen molar-refractivity contribution in [1.29, 1.82) is 5.26 Å². The normalized spacial score (nSPS) is 11.3. The number of nitriles is 1. The predicted molar refractivity (Wildman–Crippen MR) is 127 cm³/mol. The highest BCUT2D eigenvalue weighted by atomic mass is 32.2. The summed E-state index contributed by atoms with van der Waals surface area (Å²) in [6, 6.07) is 18.6. The van der Waals surface area contributed by atoms with Gasteiger partial charge in [0.2, 0.25) is 0 Å². The lowest BCUT2D eigenvalue weighted by Crippen LogP contribution is -2.13. The van der Waals surface area contributed by atoms with Crippen LogP contribution in [-0.2, 0) is 14.9 Å². The second kappa shape index (κ2) is 11.0. The molecule has 1 amide bonds. The molecule has 0 saturated heterocycles. The van der Waals surface area contributed by atoms with E-state index in [0.29, 0.717) is 23.6 Å². The Morgan fingerprint density at radius 1 is 1.09 bits per heavy atom. The number of nitro groups is 1. The van der Waals surface area contributed by atoms with Gasteiger partial charge in [-0.25, -0.2) is 0 Å². The minimum Gasteiger partial charge on any atom is -0.494 e. The van der Waals surface area contributed by atoms with Crippen molar-refractivity contribution in [3.63, 3.8) is 0 Å². The maximum absolute atomic E-state index is 12.6. The Kier molecular flexibility index (Phi) is 7.81. The van der Waals surface area contributed by atoms with E-state index in [-0.39, 0.29) is 16.2 Å². The average Bonchev–Trinajstić information content (AvgIpc) is 2.83. The Balaban J connectivity index is 1.80. The minimum absolute atomic E-state index is 0.104. The van der Waals surface area contributed by atoms with Gasteiger partial charge in [0.15, 0.2) is 0 Å². The zero-order valence-electron chi connectivity index (χ0n) is 18.4. The van der Waals surface area contributed by atoms with Crippen LogP contribution >= 0.6 is 0 Å². The molecule has 0 radical (unpaired) electrons. The summed E-state index contributed by atoms with van der Waals surface area (Å²) in [5.41, 5.74) is 0.127. The Labute approximate surface area is 201 Å². The summed E-state index contributed by atoms with van der Waals surface area (Å²) in [7, 11) is -4.37. The van der Waals surface area contributed by atoms with Crippen LogP contribution in [0.4, 0.5) is 11.4 Å². The molecular formula is C24H19N3O7S. The lowest BCUT2D eigenvalue weighted by molar-refractivity contribution is -0.385. The van der Waals surface area contributed by atoms with Crippen molar-refractivity contribution in [3.05, 3.63) is 94.0 Å². The fourth-order valence-corrected chi connectivity index (χ4v) is 3.89. The number of carbonyl (C=O) groups is 1. The van der Waals surface area contributed by atoms with E-state index in [1.807, 2.05) is 13.0 Å². The van der Waals surface area contributed by atoms with Gasteiger partial charge in [-0.2, -0.15) is 13.7 Å². The molecule has 0 atom stereocenters. The highest BCUT2D eigenvalue weighted by Crippen LogP contribution is 2.24. The van der Waals surface area contributed by atoms with E-state index in [0.717, 1.165) is 12.1 Å². The van der Waals surface area contributed by atoms with E-state index in [2.05, 4.69) is 5.32 Å². The third-order valence-electron chi connectivity index (χ3n) is 4.46. The van der Waals surface area contributed by atoms with Crippen LogP contribution in [0, 0.1) is 21.4 Å². The Morgan fingerprint density at radius 3 is 2.51 bits per heavy atom. The van der Waals surface area contributed by atoms with Crippen molar-refractivity contribution in [1.82, 2.24) is 0 Å². The second-order valence-corrected chi connectivity index (χ2v) is 8.50. The summed E-state index contributed by atoms with van der Waals surface area (Å²) < 4.78 is 35.6. The van der Waals surface area contributed by atoms with Gasteiger partial charge >= 0.3 is 10.1 Å². The maximum Gasteiger partial charge on any atom is 0.339 e. The van der Waals surface area contributed by atoms with Crippen LogP contribution in [-0.4, -0.2) is 25.9 Å². The van der Waals surface area contributed by atoms with Gasteiger partial charge in [-0.1, -0.05) is 24.3 Å². The number of anilines is 1. The molecule has 11 heteroatoms. The highest BCUT2D eigenvalue weighted by molar-refractivity contribution is 7.87. The lowest BCUT2D eigenvalue weighted by atomic mass is 10.1. The summed E-state index contributed by atoms with van der Waals surface area (Å²) in [5, 5.41) is 23.0. The summed E-state index contributed by atoms with van der Waals surface area (Å²) in [6.07, 6.45) is 1.27. The molecule has 0 bridgehead atoms. The van der Waals surface area contributed by atoms with Gasteiger partial charge in [-0.3, -0.25) is 14.9 Å². The molecule has 0 aliphatic carbocycles. The summed E-state index contributed by atoms with van der Waals surface area (Å²) in [6.45, 7) is 2.28. The van der Waals surface area contributed by atoms with Gasteiger partial charge in [0.25, 0.3) is 11.6 Å². The van der Waals surface area contributed by atoms with E-state index in [9.17, 15) is 28.6 Å². The molecule has 10 nitrogen and oxygen atoms in total. The number of carbonyl (C=O) groups excluding carboxylic acids is 1. The molecule has 35 heavy (non-hydrogen) atoms. The molecule has 0 aromatic heterocycles. The first kappa shape index (κ1) is 24.9. The number of ether oxygens (including phenoxy) is 1. The molecule has 3 aromatic rings. The van der Waals surface area contributed by atoms with Crippen molar-refractivity contribution in [2.24, 2.45) is 0 Å². The zero-order valence-corrected chi connectivity index (χ0v) is 19.2. The smallest absolute Gasteiger partial charge is 0.339 e. The van der Waals surface area contributed by atoms with E-state index in [4.69, 9.17) is 8.92 Å². The van der Waals surface area contributed by atoms with Crippen LogP contribution in [0.2, 0.25) is 0 Å². The first-order chi connectivity index (χ1) is 16.7. The number of nitrogens with one attached hydrogen (secondary N) is 1. The van der Waals surface area contributed by atoms with Crippen LogP contribution in [0.25, 0.3) is 6.08 Å². The Morgan fingerprint density at radius 2 is 1.80 bits per heavy atom. The van der Waals surface area contributed by atoms with Gasteiger partial charge in [0.05, 0.1) is 11.5 Å². The van der Waals surface area contributed by atoms with Crippen LogP contribution in [0.3, 0.4) is 0 Å². The van der Waals surface area contributed by atoms with E-state index in [1.165, 1.54) is 36.4 Å². The van der Waals surface area contributed by atoms with Gasteiger partial charge in [0, 0.05) is 23.9 Å². The van der Waals surface area contributed by atoms with Gasteiger partial charge in [0.1, 0.15) is 28.0 Å². The number of rotatable bonds is 9. The molecule has 0 aliphatic heterocycles. The number of hydrogen-bond donors (Lipinski definition) is 1. The molecule has 0 fully saturated rings. The van der Waals surface area contributed by atoms with Crippen LogP contribution in [0.15, 0.2) is 83.3 Å². The number of nitro benzene ring substituents is 1. The van der Waals surface area contributed by atoms with E-state index < -0.39 is 26.6 Å². The van der Waals surface area contributed by atoms with E-state index >= 15 is 0 Å².